The average molecular weight is 285 g/mol. The van der Waals surface area contributed by atoms with Crippen molar-refractivity contribution in [2.75, 3.05) is 6.54 Å². The molecular formula is C15H19N5O. The third-order valence-electron chi connectivity index (χ3n) is 3.02. The molecule has 0 spiro atoms. The fourth-order valence-electron chi connectivity index (χ4n) is 1.81. The molecule has 0 aliphatic carbocycles. The van der Waals surface area contributed by atoms with Crippen molar-refractivity contribution in [2.45, 2.75) is 26.3 Å². The average Bonchev–Trinajstić information content (AvgIpc) is 2.93. The van der Waals surface area contributed by atoms with Crippen molar-refractivity contribution in [3.05, 3.63) is 42.5 Å². The number of rotatable bonds is 6. The van der Waals surface area contributed by atoms with E-state index in [1.807, 2.05) is 12.1 Å². The van der Waals surface area contributed by atoms with Gasteiger partial charge in [0.25, 0.3) is 0 Å². The molecule has 1 amide bonds. The summed E-state index contributed by atoms with van der Waals surface area (Å²) in [7, 11) is 0. The van der Waals surface area contributed by atoms with Gasteiger partial charge in [-0.3, -0.25) is 4.79 Å². The molecule has 110 valence electrons. The van der Waals surface area contributed by atoms with Crippen LogP contribution in [-0.2, 0) is 11.3 Å². The Balaban J connectivity index is 2.05. The zero-order chi connectivity index (χ0) is 15.2. The van der Waals surface area contributed by atoms with Crippen molar-refractivity contribution in [2.24, 2.45) is 0 Å². The van der Waals surface area contributed by atoms with Gasteiger partial charge in [-0.2, -0.15) is 4.80 Å². The zero-order valence-electron chi connectivity index (χ0n) is 12.3. The molecule has 0 fully saturated rings. The molecule has 6 heteroatoms. The van der Waals surface area contributed by atoms with Crippen LogP contribution in [0, 0.1) is 0 Å². The van der Waals surface area contributed by atoms with Crippen LogP contribution < -0.4 is 5.32 Å². The number of hydrogen-bond donors (Lipinski definition) is 1. The Morgan fingerprint density at radius 2 is 2.10 bits per heavy atom. The van der Waals surface area contributed by atoms with Gasteiger partial charge in [0.05, 0.1) is 0 Å². The zero-order valence-corrected chi connectivity index (χ0v) is 12.3. The number of carbonyl (C=O) groups excluding carboxylic acids is 1. The maximum atomic E-state index is 11.5. The fourth-order valence-corrected chi connectivity index (χ4v) is 1.81. The van der Waals surface area contributed by atoms with Crippen LogP contribution >= 0.6 is 0 Å². The van der Waals surface area contributed by atoms with Crippen LogP contribution in [-0.4, -0.2) is 32.7 Å². The van der Waals surface area contributed by atoms with Crippen molar-refractivity contribution in [1.82, 2.24) is 25.5 Å². The largest absolute Gasteiger partial charge is 0.351 e. The van der Waals surface area contributed by atoms with Gasteiger partial charge >= 0.3 is 0 Å². The third kappa shape index (κ3) is 3.98. The summed E-state index contributed by atoms with van der Waals surface area (Å²) in [5.41, 5.74) is 2.15. The Hall–Kier alpha value is -2.50. The number of nitrogens with one attached hydrogen (secondary N) is 1. The summed E-state index contributed by atoms with van der Waals surface area (Å²) in [5.74, 6) is 0.826. The molecule has 0 aliphatic heterocycles. The van der Waals surface area contributed by atoms with Crippen molar-refractivity contribution >= 4 is 5.91 Å². The molecule has 0 aliphatic rings. The number of tetrazole rings is 1. The second-order valence-corrected chi connectivity index (χ2v) is 5.01. The van der Waals surface area contributed by atoms with Crippen LogP contribution in [0.15, 0.2) is 36.9 Å². The summed E-state index contributed by atoms with van der Waals surface area (Å²) in [6.07, 6.45) is 1.62. The van der Waals surface area contributed by atoms with E-state index in [2.05, 4.69) is 53.3 Å². The molecule has 0 atom stereocenters. The van der Waals surface area contributed by atoms with Crippen molar-refractivity contribution in [1.29, 1.82) is 0 Å². The molecule has 1 heterocycles. The lowest BCUT2D eigenvalue weighted by atomic mass is 10.0. The van der Waals surface area contributed by atoms with Gasteiger partial charge in [-0.1, -0.05) is 44.2 Å². The molecule has 1 N–H and O–H groups in total. The summed E-state index contributed by atoms with van der Waals surface area (Å²) in [5, 5.41) is 14.7. The number of nitrogens with zero attached hydrogens (tertiary/aromatic N) is 4. The van der Waals surface area contributed by atoms with Gasteiger partial charge in [0.15, 0.2) is 0 Å². The van der Waals surface area contributed by atoms with Crippen LogP contribution in [0.2, 0.25) is 0 Å². The molecule has 1 aromatic carbocycles. The number of carbonyl (C=O) groups is 1. The minimum atomic E-state index is -0.172. The van der Waals surface area contributed by atoms with Gasteiger partial charge in [-0.25, -0.2) is 0 Å². The predicted octanol–water partition coefficient (Wildman–Crippen LogP) is 1.77. The van der Waals surface area contributed by atoms with Crippen LogP contribution in [0.5, 0.6) is 0 Å². The molecule has 0 radical (unpaired) electrons. The lowest BCUT2D eigenvalue weighted by Gasteiger charge is -2.04. The molecule has 1 aromatic heterocycles. The van der Waals surface area contributed by atoms with E-state index in [-0.39, 0.29) is 12.5 Å². The van der Waals surface area contributed by atoms with E-state index in [0.717, 1.165) is 5.56 Å². The Morgan fingerprint density at radius 3 is 2.71 bits per heavy atom. The first-order valence-electron chi connectivity index (χ1n) is 6.86. The minimum Gasteiger partial charge on any atom is -0.351 e. The van der Waals surface area contributed by atoms with E-state index in [9.17, 15) is 4.79 Å². The lowest BCUT2D eigenvalue weighted by molar-refractivity contribution is -0.121. The maximum absolute atomic E-state index is 11.5. The van der Waals surface area contributed by atoms with Crippen molar-refractivity contribution in [3.63, 3.8) is 0 Å². The van der Waals surface area contributed by atoms with Gasteiger partial charge in [-0.05, 0) is 16.7 Å². The highest BCUT2D eigenvalue weighted by molar-refractivity contribution is 5.75. The summed E-state index contributed by atoms with van der Waals surface area (Å²) < 4.78 is 0. The SMILES string of the molecule is C=CCNC(=O)Cn1nnc(-c2ccc(C(C)C)cc2)n1. The molecule has 2 rings (SSSR count). The van der Waals surface area contributed by atoms with Gasteiger partial charge < -0.3 is 5.32 Å². The van der Waals surface area contributed by atoms with Crippen LogP contribution in [0.3, 0.4) is 0 Å². The topological polar surface area (TPSA) is 72.7 Å². The first-order chi connectivity index (χ1) is 10.1. The Bertz CT molecular complexity index is 615. The van der Waals surface area contributed by atoms with E-state index in [1.165, 1.54) is 10.4 Å². The van der Waals surface area contributed by atoms with E-state index >= 15 is 0 Å². The van der Waals surface area contributed by atoms with Crippen molar-refractivity contribution < 1.29 is 4.79 Å². The Morgan fingerprint density at radius 1 is 1.38 bits per heavy atom. The first kappa shape index (κ1) is 14.9. The highest BCUT2D eigenvalue weighted by Crippen LogP contribution is 2.19. The number of amides is 1. The molecule has 0 saturated carbocycles. The Kier molecular flexibility index (Phi) is 4.81. The van der Waals surface area contributed by atoms with Crippen LogP contribution in [0.1, 0.15) is 25.3 Å². The summed E-state index contributed by atoms with van der Waals surface area (Å²) in [6, 6.07) is 8.04. The lowest BCUT2D eigenvalue weighted by Crippen LogP contribution is -2.28. The van der Waals surface area contributed by atoms with Crippen LogP contribution in [0.25, 0.3) is 11.4 Å². The highest BCUT2D eigenvalue weighted by Gasteiger charge is 2.09. The molecule has 21 heavy (non-hydrogen) atoms. The summed E-state index contributed by atoms with van der Waals surface area (Å²) in [4.78, 5) is 12.8. The van der Waals surface area contributed by atoms with Gasteiger partial charge in [-0.15, -0.1) is 16.8 Å². The normalized spacial score (nSPS) is 10.6. The fraction of sp³-hybridized carbons (Fsp3) is 0.333. The van der Waals surface area contributed by atoms with E-state index in [4.69, 9.17) is 0 Å². The summed E-state index contributed by atoms with van der Waals surface area (Å²) >= 11 is 0. The maximum Gasteiger partial charge on any atom is 0.243 e. The first-order valence-corrected chi connectivity index (χ1v) is 6.86. The second-order valence-electron chi connectivity index (χ2n) is 5.01. The van der Waals surface area contributed by atoms with Gasteiger partial charge in [0.1, 0.15) is 6.54 Å². The molecule has 0 saturated heterocycles. The molecule has 0 bridgehead atoms. The molecule has 0 unspecified atom stereocenters. The quantitative estimate of drug-likeness (QED) is 0.821. The molecular weight excluding hydrogens is 266 g/mol. The Labute approximate surface area is 123 Å². The predicted molar refractivity (Wildman–Crippen MR) is 80.5 cm³/mol. The standard InChI is InChI=1S/C15H19N5O/c1-4-9-16-14(21)10-20-18-15(17-19-20)13-7-5-12(6-8-13)11(2)3/h4-8,11H,1,9-10H2,2-3H3,(H,16,21). The van der Waals surface area contributed by atoms with Gasteiger partial charge in [0, 0.05) is 12.1 Å². The van der Waals surface area contributed by atoms with E-state index in [0.29, 0.717) is 18.3 Å². The van der Waals surface area contributed by atoms with E-state index < -0.39 is 0 Å². The third-order valence-corrected chi connectivity index (χ3v) is 3.02. The number of benzene rings is 1. The highest BCUT2D eigenvalue weighted by atomic mass is 16.2. The van der Waals surface area contributed by atoms with Crippen molar-refractivity contribution in [3.8, 4) is 11.4 Å². The van der Waals surface area contributed by atoms with E-state index in [1.54, 1.807) is 6.08 Å². The van der Waals surface area contributed by atoms with Crippen LogP contribution in [0.4, 0.5) is 0 Å². The minimum absolute atomic E-state index is 0.0465. The van der Waals surface area contributed by atoms with Gasteiger partial charge in [0.2, 0.25) is 11.7 Å². The second kappa shape index (κ2) is 6.78. The smallest absolute Gasteiger partial charge is 0.243 e. The monoisotopic (exact) mass is 285 g/mol. The number of aromatic nitrogens is 4. The molecule has 6 nitrogen and oxygen atoms in total. The summed E-state index contributed by atoms with van der Waals surface area (Å²) in [6.45, 7) is 8.30. The number of hydrogen-bond acceptors (Lipinski definition) is 4. The molecule has 2 aromatic rings.